The number of anilines is 1. The SMILES string of the molecule is CC(O[Si](C)(C)C(C)(C)C)c1cccc(N)c1.COCn1c(=O)c2cccnc2c2ccc(C(C)O[Si](C)(C)C(C)(C)C)cc21.O=C(O)c1cccnc1Cl.O=C(O)c1cccnc1Cl. The summed E-state index contributed by atoms with van der Waals surface area (Å²) in [5, 5.41) is 18.8. The summed E-state index contributed by atoms with van der Waals surface area (Å²) in [6, 6.07) is 23.6. The van der Waals surface area contributed by atoms with Crippen LogP contribution in [0.4, 0.5) is 5.69 Å². The van der Waals surface area contributed by atoms with Crippen LogP contribution in [-0.4, -0.2) is 65.4 Å². The molecule has 0 amide bonds. The molecule has 2 unspecified atom stereocenters. The number of aromatic nitrogens is 4. The summed E-state index contributed by atoms with van der Waals surface area (Å²) < 4.78 is 19.9. The van der Waals surface area contributed by atoms with E-state index < -0.39 is 28.6 Å². The van der Waals surface area contributed by atoms with Crippen molar-refractivity contribution in [2.45, 2.75) is 111 Å². The second-order valence-corrected chi connectivity index (χ2v) is 28.6. The number of halogens is 2. The summed E-state index contributed by atoms with van der Waals surface area (Å²) in [6.45, 7) is 26.9. The highest BCUT2D eigenvalue weighted by Crippen LogP contribution is 2.41. The number of benzene rings is 2. The van der Waals surface area contributed by atoms with Crippen molar-refractivity contribution >= 4 is 79.3 Å². The molecule has 13 nitrogen and oxygen atoms in total. The fourth-order valence-electron chi connectivity index (χ4n) is 5.81. The highest BCUT2D eigenvalue weighted by atomic mass is 35.5. The van der Waals surface area contributed by atoms with E-state index in [0.29, 0.717) is 5.39 Å². The molecule has 2 aromatic carbocycles. The molecule has 350 valence electrons. The standard InChI is InChI=1S/C22H30N2O3Si.C14H25NOSi.2C6H4ClNO2/c1-15(27-28(6,7)22(2,3)4)16-10-11-17-19(13-16)24(14-26-5)21(25)18-9-8-12-23-20(17)18;1-11(12-8-7-9-13(15)10-12)16-17(5,6)14(2,3)4;2*7-5-4(6(9)10)2-1-3-8-5/h8-13,15H,14H2,1-7H3;7-11H,15H2,1-6H3;2*1-3H,(H,9,10). The number of hydrogen-bond acceptors (Lipinski definition) is 10. The smallest absolute Gasteiger partial charge is 0.338 e. The quantitative estimate of drug-likeness (QED) is 0.0511. The molecule has 4 N–H and O–H groups in total. The predicted octanol–water partition coefficient (Wildman–Crippen LogP) is 12.5. The van der Waals surface area contributed by atoms with E-state index in [0.717, 1.165) is 33.2 Å². The van der Waals surface area contributed by atoms with Crippen LogP contribution in [0.2, 0.25) is 46.6 Å². The van der Waals surface area contributed by atoms with Gasteiger partial charge >= 0.3 is 11.9 Å². The van der Waals surface area contributed by atoms with E-state index in [2.05, 4.69) is 109 Å². The Kier molecular flexibility index (Phi) is 19.2. The molecular formula is C48H63Cl2N5O8Si2. The molecule has 0 fully saturated rings. The average molecular weight is 965 g/mol. The first-order valence-electron chi connectivity index (χ1n) is 20.9. The predicted molar refractivity (Wildman–Crippen MR) is 267 cm³/mol. The first-order valence-corrected chi connectivity index (χ1v) is 27.5. The maximum absolute atomic E-state index is 13.0. The van der Waals surface area contributed by atoms with Crippen molar-refractivity contribution in [3.8, 4) is 0 Å². The second-order valence-electron chi connectivity index (χ2n) is 18.3. The van der Waals surface area contributed by atoms with E-state index in [4.69, 9.17) is 52.7 Å². The molecule has 0 radical (unpaired) electrons. The van der Waals surface area contributed by atoms with Gasteiger partial charge in [-0.2, -0.15) is 0 Å². The van der Waals surface area contributed by atoms with Crippen molar-refractivity contribution in [1.82, 2.24) is 19.5 Å². The molecule has 17 heteroatoms. The Bertz CT molecular complexity index is 2580. The van der Waals surface area contributed by atoms with Crippen molar-refractivity contribution < 1.29 is 33.4 Å². The average Bonchev–Trinajstić information content (AvgIpc) is 3.22. The van der Waals surface area contributed by atoms with E-state index in [1.807, 2.05) is 36.4 Å². The zero-order valence-electron chi connectivity index (χ0n) is 39.6. The number of rotatable bonds is 10. The number of pyridine rings is 4. The minimum atomic E-state index is -1.91. The van der Waals surface area contributed by atoms with Crippen LogP contribution >= 0.6 is 23.2 Å². The highest BCUT2D eigenvalue weighted by molar-refractivity contribution is 6.74. The number of hydrogen-bond donors (Lipinski definition) is 3. The molecule has 2 atom stereocenters. The van der Waals surface area contributed by atoms with Crippen LogP contribution in [0.5, 0.6) is 0 Å². The van der Waals surface area contributed by atoms with Crippen LogP contribution in [0.1, 0.15) is 99.4 Å². The Hall–Kier alpha value is -5.01. The third kappa shape index (κ3) is 14.7. The van der Waals surface area contributed by atoms with E-state index >= 15 is 0 Å². The van der Waals surface area contributed by atoms with Crippen molar-refractivity contribution in [3.05, 3.63) is 140 Å². The Morgan fingerprint density at radius 3 is 1.57 bits per heavy atom. The molecule has 0 aliphatic heterocycles. The Labute approximate surface area is 394 Å². The topological polar surface area (TPSA) is 189 Å². The lowest BCUT2D eigenvalue weighted by atomic mass is 10.1. The maximum atomic E-state index is 13.0. The number of nitrogen functional groups attached to an aromatic ring is 1. The number of carboxylic acids is 2. The molecular weight excluding hydrogens is 902 g/mol. The molecule has 0 aliphatic carbocycles. The summed E-state index contributed by atoms with van der Waals surface area (Å²) in [6.07, 6.45) is 4.65. The lowest BCUT2D eigenvalue weighted by Gasteiger charge is -2.38. The Morgan fingerprint density at radius 1 is 0.692 bits per heavy atom. The van der Waals surface area contributed by atoms with Gasteiger partial charge in [0.15, 0.2) is 16.6 Å². The number of nitrogens with zero attached hydrogens (tertiary/aromatic N) is 4. The third-order valence-corrected chi connectivity index (χ3v) is 21.2. The van der Waals surface area contributed by atoms with E-state index in [1.165, 1.54) is 36.7 Å². The van der Waals surface area contributed by atoms with Gasteiger partial charge < -0.3 is 29.5 Å². The van der Waals surface area contributed by atoms with E-state index in [-0.39, 0.29) is 56.0 Å². The van der Waals surface area contributed by atoms with Gasteiger partial charge in [-0.05, 0) is 116 Å². The molecule has 0 saturated carbocycles. The van der Waals surface area contributed by atoms with Crippen molar-refractivity contribution in [2.24, 2.45) is 0 Å². The van der Waals surface area contributed by atoms with Gasteiger partial charge in [-0.3, -0.25) is 14.3 Å². The van der Waals surface area contributed by atoms with Gasteiger partial charge in [-0.15, -0.1) is 0 Å². The molecule has 6 aromatic rings. The van der Waals surface area contributed by atoms with Crippen LogP contribution in [0.25, 0.3) is 21.8 Å². The summed E-state index contributed by atoms with van der Waals surface area (Å²) >= 11 is 10.9. The summed E-state index contributed by atoms with van der Waals surface area (Å²) in [5.74, 6) is -2.11. The largest absolute Gasteiger partial charge is 0.478 e. The zero-order chi connectivity index (χ0) is 49.1. The highest BCUT2D eigenvalue weighted by Gasteiger charge is 2.39. The van der Waals surface area contributed by atoms with Gasteiger partial charge in [0.1, 0.15) is 17.0 Å². The number of methoxy groups -OCH3 is 1. The Morgan fingerprint density at radius 2 is 1.15 bits per heavy atom. The maximum Gasteiger partial charge on any atom is 0.338 e. The van der Waals surface area contributed by atoms with Gasteiger partial charge in [-0.25, -0.2) is 19.6 Å². The number of carboxylic acid groups (broad SMARTS) is 2. The van der Waals surface area contributed by atoms with Crippen molar-refractivity contribution in [1.29, 1.82) is 0 Å². The molecule has 0 spiro atoms. The van der Waals surface area contributed by atoms with Crippen LogP contribution in [-0.2, 0) is 20.3 Å². The molecule has 0 saturated heterocycles. The summed E-state index contributed by atoms with van der Waals surface area (Å²) in [7, 11) is -2.02. The molecule has 0 aliphatic rings. The van der Waals surface area contributed by atoms with Gasteiger partial charge in [0.25, 0.3) is 5.56 Å². The molecule has 4 aromatic heterocycles. The number of ether oxygens (including phenoxy) is 1. The van der Waals surface area contributed by atoms with E-state index in [1.54, 1.807) is 23.9 Å². The zero-order valence-corrected chi connectivity index (χ0v) is 43.1. The number of nitrogens with two attached hydrogens (primary N) is 1. The molecule has 65 heavy (non-hydrogen) atoms. The lowest BCUT2D eigenvalue weighted by molar-refractivity contribution is 0.0685. The van der Waals surface area contributed by atoms with Crippen LogP contribution < -0.4 is 11.3 Å². The summed E-state index contributed by atoms with van der Waals surface area (Å²) in [4.78, 5) is 45.2. The molecule has 6 rings (SSSR count). The van der Waals surface area contributed by atoms with Crippen molar-refractivity contribution in [2.75, 3.05) is 12.8 Å². The fourth-order valence-corrected chi connectivity index (χ4v) is 8.95. The van der Waals surface area contributed by atoms with Crippen LogP contribution in [0.3, 0.4) is 0 Å². The van der Waals surface area contributed by atoms with Gasteiger partial charge in [0, 0.05) is 36.8 Å². The van der Waals surface area contributed by atoms with Gasteiger partial charge in [-0.1, -0.05) is 89.0 Å². The summed E-state index contributed by atoms with van der Waals surface area (Å²) in [5.41, 5.74) is 10.3. The monoisotopic (exact) mass is 963 g/mol. The molecule has 0 bridgehead atoms. The van der Waals surface area contributed by atoms with Crippen LogP contribution in [0, 0.1) is 0 Å². The number of aromatic carboxylic acids is 2. The third-order valence-electron chi connectivity index (χ3n) is 11.5. The number of fused-ring (bicyclic) bond motifs is 3. The van der Waals surface area contributed by atoms with Crippen molar-refractivity contribution in [3.63, 3.8) is 0 Å². The first-order chi connectivity index (χ1) is 30.1. The normalized spacial score (nSPS) is 12.7. The fraction of sp³-hybridized carbons (Fsp3) is 0.375. The van der Waals surface area contributed by atoms with Gasteiger partial charge in [0.2, 0.25) is 0 Å². The lowest BCUT2D eigenvalue weighted by Crippen LogP contribution is -2.41. The van der Waals surface area contributed by atoms with E-state index in [9.17, 15) is 14.4 Å². The second kappa shape index (κ2) is 22.9. The number of carbonyl (C=O) groups is 2. The minimum Gasteiger partial charge on any atom is -0.478 e. The van der Waals surface area contributed by atoms with Gasteiger partial charge in [0.05, 0.1) is 39.8 Å². The molecule has 4 heterocycles. The van der Waals surface area contributed by atoms with Crippen LogP contribution in [0.15, 0.2) is 102 Å². The first kappa shape index (κ1) is 54.3. The minimum absolute atomic E-state index is 0.0231. The Balaban J connectivity index is 0.000000256.